The molecule has 0 saturated carbocycles. The minimum atomic E-state index is 0.776. The van der Waals surface area contributed by atoms with Crippen LogP contribution in [0.25, 0.3) is 0 Å². The van der Waals surface area contributed by atoms with Gasteiger partial charge in [-0.3, -0.25) is 0 Å². The summed E-state index contributed by atoms with van der Waals surface area (Å²) in [5, 5.41) is 1.56. The summed E-state index contributed by atoms with van der Waals surface area (Å²) in [5.41, 5.74) is 0.798. The molecule has 0 aromatic carbocycles. The molecule has 0 aliphatic heterocycles. The first-order valence-corrected chi connectivity index (χ1v) is 6.91. The highest BCUT2D eigenvalue weighted by atomic mass is 31.0. The quantitative estimate of drug-likeness (QED) is 0.472. The highest BCUT2D eigenvalue weighted by Crippen LogP contribution is 2.41. The standard InChI is InChI=1S/C12H20P2/c13-11-7-3-1-5-9(11)10-6-2-4-8-12(10)14/h1,5,8-11H,2-4,6-7,13-14H2/t9-,10+,11-/m1/s1. The van der Waals surface area contributed by atoms with Crippen LogP contribution in [0.2, 0.25) is 0 Å². The van der Waals surface area contributed by atoms with Crippen LogP contribution in [-0.4, -0.2) is 5.66 Å². The van der Waals surface area contributed by atoms with Crippen LogP contribution in [0.4, 0.5) is 0 Å². The first-order chi connectivity index (χ1) is 6.79. The van der Waals surface area contributed by atoms with E-state index >= 15 is 0 Å². The topological polar surface area (TPSA) is 0 Å². The first-order valence-electron chi connectivity index (χ1n) is 5.67. The maximum absolute atomic E-state index is 3.05. The third-order valence-corrected chi connectivity index (χ3v) is 4.95. The molecule has 0 bridgehead atoms. The third-order valence-electron chi connectivity index (χ3n) is 3.51. The van der Waals surface area contributed by atoms with Crippen LogP contribution in [0.1, 0.15) is 32.1 Å². The number of allylic oxidation sites excluding steroid dienone is 4. The molecule has 0 aromatic rings. The van der Waals surface area contributed by atoms with Gasteiger partial charge in [-0.25, -0.2) is 0 Å². The van der Waals surface area contributed by atoms with Crippen molar-refractivity contribution < 1.29 is 0 Å². The lowest BCUT2D eigenvalue weighted by atomic mass is 9.79. The second kappa shape index (κ2) is 4.91. The molecular formula is C12H20P2. The summed E-state index contributed by atoms with van der Waals surface area (Å²) in [7, 11) is 6.00. The second-order valence-electron chi connectivity index (χ2n) is 4.49. The fraction of sp³-hybridized carbons (Fsp3) is 0.667. The molecule has 2 rings (SSSR count). The predicted octanol–water partition coefficient (Wildman–Crippen LogP) is 3.76. The van der Waals surface area contributed by atoms with Gasteiger partial charge < -0.3 is 0 Å². The minimum Gasteiger partial charge on any atom is -0.134 e. The van der Waals surface area contributed by atoms with Crippen molar-refractivity contribution in [1.82, 2.24) is 0 Å². The van der Waals surface area contributed by atoms with E-state index in [1.165, 1.54) is 32.1 Å². The smallest absolute Gasteiger partial charge is 0.00969 e. The molecule has 2 unspecified atom stereocenters. The number of hydrogen-bond acceptors (Lipinski definition) is 0. The molecule has 0 saturated heterocycles. The van der Waals surface area contributed by atoms with Crippen LogP contribution in [0.5, 0.6) is 0 Å². The Balaban J connectivity index is 2.12. The normalized spacial score (nSPS) is 38.1. The highest BCUT2D eigenvalue weighted by molar-refractivity contribution is 7.22. The van der Waals surface area contributed by atoms with E-state index < -0.39 is 0 Å². The summed E-state index contributed by atoms with van der Waals surface area (Å²) >= 11 is 0. The van der Waals surface area contributed by atoms with Crippen molar-refractivity contribution in [3.63, 3.8) is 0 Å². The lowest BCUT2D eigenvalue weighted by Crippen LogP contribution is -2.25. The summed E-state index contributed by atoms with van der Waals surface area (Å²) < 4.78 is 0. The Kier molecular flexibility index (Phi) is 3.80. The lowest BCUT2D eigenvalue weighted by Gasteiger charge is -2.34. The lowest BCUT2D eigenvalue weighted by molar-refractivity contribution is 0.385. The van der Waals surface area contributed by atoms with E-state index in [9.17, 15) is 0 Å². The fourth-order valence-corrected chi connectivity index (χ4v) is 3.79. The van der Waals surface area contributed by atoms with Crippen molar-refractivity contribution in [2.45, 2.75) is 37.8 Å². The van der Waals surface area contributed by atoms with Crippen LogP contribution in [0.3, 0.4) is 0 Å². The first kappa shape index (κ1) is 10.8. The zero-order chi connectivity index (χ0) is 9.97. The van der Waals surface area contributed by atoms with Gasteiger partial charge >= 0.3 is 0 Å². The summed E-state index contributed by atoms with van der Waals surface area (Å²) in [6.45, 7) is 0. The van der Waals surface area contributed by atoms with Gasteiger partial charge in [-0.2, -0.15) is 0 Å². The molecule has 0 heterocycles. The Hall–Kier alpha value is 0.340. The minimum absolute atomic E-state index is 0.776. The molecule has 0 amide bonds. The third kappa shape index (κ3) is 2.29. The highest BCUT2D eigenvalue weighted by Gasteiger charge is 2.28. The van der Waals surface area contributed by atoms with Crippen LogP contribution < -0.4 is 0 Å². The van der Waals surface area contributed by atoms with E-state index in [4.69, 9.17) is 0 Å². The van der Waals surface area contributed by atoms with Crippen LogP contribution >= 0.6 is 18.5 Å². The molecule has 5 atom stereocenters. The van der Waals surface area contributed by atoms with Gasteiger partial charge in [0.15, 0.2) is 0 Å². The molecular weight excluding hydrogens is 206 g/mol. The largest absolute Gasteiger partial charge is 0.134 e. The van der Waals surface area contributed by atoms with Gasteiger partial charge in [0.05, 0.1) is 0 Å². The van der Waals surface area contributed by atoms with Gasteiger partial charge in [0.25, 0.3) is 0 Å². The molecule has 2 heteroatoms. The van der Waals surface area contributed by atoms with E-state index in [2.05, 4.69) is 36.7 Å². The second-order valence-corrected chi connectivity index (χ2v) is 6.01. The summed E-state index contributed by atoms with van der Waals surface area (Å²) in [6.07, 6.45) is 13.9. The summed E-state index contributed by atoms with van der Waals surface area (Å²) in [5.74, 6) is 1.57. The molecule has 14 heavy (non-hydrogen) atoms. The Morgan fingerprint density at radius 3 is 2.79 bits per heavy atom. The van der Waals surface area contributed by atoms with Gasteiger partial charge in [0.2, 0.25) is 0 Å². The molecule has 78 valence electrons. The average molecular weight is 226 g/mol. The van der Waals surface area contributed by atoms with Crippen molar-refractivity contribution in [3.05, 3.63) is 23.5 Å². The summed E-state index contributed by atoms with van der Waals surface area (Å²) in [4.78, 5) is 0. The molecule has 0 spiro atoms. The molecule has 0 N–H and O–H groups in total. The Bertz CT molecular complexity index is 255. The van der Waals surface area contributed by atoms with Gasteiger partial charge in [-0.1, -0.05) is 23.5 Å². The van der Waals surface area contributed by atoms with Crippen molar-refractivity contribution in [2.75, 3.05) is 0 Å². The SMILES string of the molecule is PC1=CCCC[C@H]1[C@H]1C=CCC[C@H]1P. The van der Waals surface area contributed by atoms with Crippen molar-refractivity contribution in [1.29, 1.82) is 0 Å². The number of rotatable bonds is 1. The van der Waals surface area contributed by atoms with Crippen LogP contribution in [0, 0.1) is 11.8 Å². The monoisotopic (exact) mass is 226 g/mol. The van der Waals surface area contributed by atoms with Crippen molar-refractivity contribution >= 4 is 18.5 Å². The summed E-state index contributed by atoms with van der Waals surface area (Å²) in [6, 6.07) is 0. The Morgan fingerprint density at radius 2 is 2.07 bits per heavy atom. The fourth-order valence-electron chi connectivity index (χ4n) is 2.65. The van der Waals surface area contributed by atoms with Gasteiger partial charge in [-0.15, -0.1) is 18.5 Å². The van der Waals surface area contributed by atoms with E-state index in [1.807, 2.05) is 0 Å². The molecule has 2 aliphatic carbocycles. The Labute approximate surface area is 92.0 Å². The molecule has 2 aliphatic rings. The molecule has 0 radical (unpaired) electrons. The predicted molar refractivity (Wildman–Crippen MR) is 70.5 cm³/mol. The average Bonchev–Trinajstić information content (AvgIpc) is 2.20. The van der Waals surface area contributed by atoms with Gasteiger partial charge in [0.1, 0.15) is 0 Å². The molecule has 0 nitrogen and oxygen atoms in total. The van der Waals surface area contributed by atoms with E-state index in [0.29, 0.717) is 0 Å². The van der Waals surface area contributed by atoms with Crippen LogP contribution in [0.15, 0.2) is 23.5 Å². The van der Waals surface area contributed by atoms with Crippen molar-refractivity contribution in [2.24, 2.45) is 11.8 Å². The Morgan fingerprint density at radius 1 is 1.21 bits per heavy atom. The maximum atomic E-state index is 3.05. The maximum Gasteiger partial charge on any atom is -0.00969 e. The van der Waals surface area contributed by atoms with Gasteiger partial charge in [-0.05, 0) is 49.6 Å². The van der Waals surface area contributed by atoms with E-state index in [1.54, 1.807) is 5.31 Å². The van der Waals surface area contributed by atoms with E-state index in [-0.39, 0.29) is 0 Å². The van der Waals surface area contributed by atoms with Crippen molar-refractivity contribution in [3.8, 4) is 0 Å². The zero-order valence-corrected chi connectivity index (χ0v) is 11.0. The molecule has 0 aromatic heterocycles. The number of hydrogen-bond donors (Lipinski definition) is 0. The van der Waals surface area contributed by atoms with E-state index in [0.717, 1.165) is 17.5 Å². The zero-order valence-electron chi connectivity index (χ0n) is 8.65. The van der Waals surface area contributed by atoms with Crippen LogP contribution in [-0.2, 0) is 0 Å². The molecule has 0 fully saturated rings. The van der Waals surface area contributed by atoms with Gasteiger partial charge in [0, 0.05) is 0 Å².